The van der Waals surface area contributed by atoms with E-state index in [1.165, 1.54) is 12.8 Å². The Labute approximate surface area is 127 Å². The van der Waals surface area contributed by atoms with E-state index in [1.807, 2.05) is 30.3 Å². The Kier molecular flexibility index (Phi) is 3.11. The molecule has 0 spiro atoms. The van der Waals surface area contributed by atoms with Gasteiger partial charge in [-0.15, -0.1) is 0 Å². The Morgan fingerprint density at radius 1 is 1.23 bits per heavy atom. The van der Waals surface area contributed by atoms with Crippen molar-refractivity contribution in [3.05, 3.63) is 64.3 Å². The highest BCUT2D eigenvalue weighted by Gasteiger charge is 2.26. The Morgan fingerprint density at radius 2 is 2.09 bits per heavy atom. The van der Waals surface area contributed by atoms with Crippen LogP contribution in [-0.4, -0.2) is 15.0 Å². The standard InChI is InChI=1S/C17H16N4O/c22-16-9-12(13-3-1-2-4-14(13)20-16)10-19-15-7-8-18-17(21-15)11-5-6-11/h1-4,7-9,11H,5-6,10H2,(H,20,22)(H,18,19,21). The van der Waals surface area contributed by atoms with Gasteiger partial charge in [-0.05, 0) is 30.5 Å². The van der Waals surface area contributed by atoms with Crippen LogP contribution in [-0.2, 0) is 6.54 Å². The van der Waals surface area contributed by atoms with Gasteiger partial charge in [-0.25, -0.2) is 9.97 Å². The quantitative estimate of drug-likeness (QED) is 0.775. The highest BCUT2D eigenvalue weighted by atomic mass is 16.1. The minimum absolute atomic E-state index is 0.0862. The average molecular weight is 292 g/mol. The molecular weight excluding hydrogens is 276 g/mol. The summed E-state index contributed by atoms with van der Waals surface area (Å²) in [6.45, 7) is 0.561. The molecule has 1 aliphatic rings. The normalized spacial score (nSPS) is 14.2. The summed E-state index contributed by atoms with van der Waals surface area (Å²) in [6, 6.07) is 11.3. The molecule has 1 fully saturated rings. The number of anilines is 1. The number of hydrogen-bond donors (Lipinski definition) is 2. The topological polar surface area (TPSA) is 70.7 Å². The number of nitrogens with zero attached hydrogens (tertiary/aromatic N) is 2. The summed E-state index contributed by atoms with van der Waals surface area (Å²) < 4.78 is 0. The van der Waals surface area contributed by atoms with Gasteiger partial charge in [0.15, 0.2) is 0 Å². The van der Waals surface area contributed by atoms with E-state index in [4.69, 9.17) is 0 Å². The zero-order chi connectivity index (χ0) is 14.9. The van der Waals surface area contributed by atoms with E-state index >= 15 is 0 Å². The van der Waals surface area contributed by atoms with Crippen LogP contribution in [0.15, 0.2) is 47.4 Å². The number of para-hydroxylation sites is 1. The Hall–Kier alpha value is -2.69. The molecule has 0 saturated heterocycles. The van der Waals surface area contributed by atoms with E-state index in [2.05, 4.69) is 20.3 Å². The molecule has 1 aliphatic carbocycles. The maximum absolute atomic E-state index is 11.8. The first-order valence-electron chi connectivity index (χ1n) is 7.47. The van der Waals surface area contributed by atoms with E-state index in [1.54, 1.807) is 12.3 Å². The molecular formula is C17H16N4O. The fourth-order valence-electron chi connectivity index (χ4n) is 2.62. The van der Waals surface area contributed by atoms with Gasteiger partial charge in [0.2, 0.25) is 5.56 Å². The summed E-state index contributed by atoms with van der Waals surface area (Å²) in [6.07, 6.45) is 4.16. The van der Waals surface area contributed by atoms with Gasteiger partial charge >= 0.3 is 0 Å². The number of fused-ring (bicyclic) bond motifs is 1. The van der Waals surface area contributed by atoms with E-state index in [0.717, 1.165) is 28.1 Å². The van der Waals surface area contributed by atoms with Crippen LogP contribution in [0.5, 0.6) is 0 Å². The molecule has 0 aliphatic heterocycles. The SMILES string of the molecule is O=c1cc(CNc2ccnc(C3CC3)n2)c2ccccc2[nH]1. The molecule has 22 heavy (non-hydrogen) atoms. The second-order valence-electron chi connectivity index (χ2n) is 5.63. The van der Waals surface area contributed by atoms with Gasteiger partial charge in [0.25, 0.3) is 0 Å². The monoisotopic (exact) mass is 292 g/mol. The lowest BCUT2D eigenvalue weighted by atomic mass is 10.1. The van der Waals surface area contributed by atoms with Gasteiger partial charge in [0.1, 0.15) is 11.6 Å². The molecule has 0 atom stereocenters. The molecule has 4 rings (SSSR count). The van der Waals surface area contributed by atoms with Gasteiger partial charge in [0.05, 0.1) is 0 Å². The second-order valence-corrected chi connectivity index (χ2v) is 5.63. The summed E-state index contributed by atoms with van der Waals surface area (Å²) in [5.74, 6) is 2.25. The van der Waals surface area contributed by atoms with Gasteiger partial charge in [0, 0.05) is 35.6 Å². The largest absolute Gasteiger partial charge is 0.366 e. The minimum atomic E-state index is -0.0862. The lowest BCUT2D eigenvalue weighted by Crippen LogP contribution is -2.10. The average Bonchev–Trinajstić information content (AvgIpc) is 3.37. The van der Waals surface area contributed by atoms with Crippen LogP contribution in [0.4, 0.5) is 5.82 Å². The summed E-state index contributed by atoms with van der Waals surface area (Å²) in [7, 11) is 0. The molecule has 2 aromatic heterocycles. The zero-order valence-electron chi connectivity index (χ0n) is 12.0. The maximum Gasteiger partial charge on any atom is 0.248 e. The van der Waals surface area contributed by atoms with Crippen molar-refractivity contribution < 1.29 is 0 Å². The van der Waals surface area contributed by atoms with Crippen LogP contribution in [0, 0.1) is 0 Å². The molecule has 3 aromatic rings. The fourth-order valence-corrected chi connectivity index (χ4v) is 2.62. The fraction of sp³-hybridized carbons (Fsp3) is 0.235. The van der Waals surface area contributed by atoms with Crippen molar-refractivity contribution >= 4 is 16.7 Å². The first-order valence-corrected chi connectivity index (χ1v) is 7.47. The predicted molar refractivity (Wildman–Crippen MR) is 85.9 cm³/mol. The van der Waals surface area contributed by atoms with Crippen molar-refractivity contribution in [2.75, 3.05) is 5.32 Å². The third-order valence-electron chi connectivity index (χ3n) is 3.91. The van der Waals surface area contributed by atoms with Crippen molar-refractivity contribution in [3.63, 3.8) is 0 Å². The molecule has 0 unspecified atom stereocenters. The van der Waals surface area contributed by atoms with Crippen LogP contribution >= 0.6 is 0 Å². The molecule has 0 bridgehead atoms. The Morgan fingerprint density at radius 3 is 2.95 bits per heavy atom. The molecule has 0 amide bonds. The second kappa shape index (κ2) is 5.26. The van der Waals surface area contributed by atoms with E-state index < -0.39 is 0 Å². The minimum Gasteiger partial charge on any atom is -0.366 e. The Balaban J connectivity index is 1.61. The van der Waals surface area contributed by atoms with Crippen molar-refractivity contribution in [2.45, 2.75) is 25.3 Å². The third kappa shape index (κ3) is 2.57. The zero-order valence-corrected chi connectivity index (χ0v) is 12.0. The van der Waals surface area contributed by atoms with Crippen LogP contribution in [0.3, 0.4) is 0 Å². The van der Waals surface area contributed by atoms with Crippen LogP contribution in [0.2, 0.25) is 0 Å². The molecule has 1 saturated carbocycles. The molecule has 110 valence electrons. The first kappa shape index (κ1) is 13.0. The number of aromatic amines is 1. The smallest absolute Gasteiger partial charge is 0.248 e. The molecule has 5 heteroatoms. The number of pyridine rings is 1. The molecule has 2 heterocycles. The van der Waals surface area contributed by atoms with E-state index in [0.29, 0.717) is 12.5 Å². The van der Waals surface area contributed by atoms with Crippen molar-refractivity contribution in [2.24, 2.45) is 0 Å². The van der Waals surface area contributed by atoms with Crippen LogP contribution in [0.1, 0.15) is 30.1 Å². The summed E-state index contributed by atoms with van der Waals surface area (Å²) in [4.78, 5) is 23.5. The van der Waals surface area contributed by atoms with Gasteiger partial charge in [-0.1, -0.05) is 18.2 Å². The lowest BCUT2D eigenvalue weighted by Gasteiger charge is -2.09. The molecule has 0 radical (unpaired) electrons. The molecule has 1 aromatic carbocycles. The predicted octanol–water partition coefficient (Wildman–Crippen LogP) is 2.81. The highest BCUT2D eigenvalue weighted by molar-refractivity contribution is 5.82. The van der Waals surface area contributed by atoms with Crippen molar-refractivity contribution in [3.8, 4) is 0 Å². The van der Waals surface area contributed by atoms with Crippen molar-refractivity contribution in [1.29, 1.82) is 0 Å². The molecule has 2 N–H and O–H groups in total. The molecule has 5 nitrogen and oxygen atoms in total. The summed E-state index contributed by atoms with van der Waals surface area (Å²) in [5.41, 5.74) is 1.73. The number of rotatable bonds is 4. The van der Waals surface area contributed by atoms with E-state index in [-0.39, 0.29) is 5.56 Å². The van der Waals surface area contributed by atoms with Crippen molar-refractivity contribution in [1.82, 2.24) is 15.0 Å². The number of nitrogens with one attached hydrogen (secondary N) is 2. The van der Waals surface area contributed by atoms with Crippen LogP contribution < -0.4 is 10.9 Å². The van der Waals surface area contributed by atoms with Gasteiger partial charge < -0.3 is 10.3 Å². The lowest BCUT2D eigenvalue weighted by molar-refractivity contribution is 0.921. The van der Waals surface area contributed by atoms with Crippen LogP contribution in [0.25, 0.3) is 10.9 Å². The maximum atomic E-state index is 11.8. The van der Waals surface area contributed by atoms with E-state index in [9.17, 15) is 4.79 Å². The van der Waals surface area contributed by atoms with Gasteiger partial charge in [-0.2, -0.15) is 0 Å². The number of H-pyrrole nitrogens is 1. The first-order chi connectivity index (χ1) is 10.8. The highest BCUT2D eigenvalue weighted by Crippen LogP contribution is 2.38. The number of hydrogen-bond acceptors (Lipinski definition) is 4. The number of benzene rings is 1. The summed E-state index contributed by atoms with van der Waals surface area (Å²) in [5, 5.41) is 4.35. The third-order valence-corrected chi connectivity index (χ3v) is 3.91. The summed E-state index contributed by atoms with van der Waals surface area (Å²) >= 11 is 0. The Bertz CT molecular complexity index is 883. The van der Waals surface area contributed by atoms with Gasteiger partial charge in [-0.3, -0.25) is 4.79 Å². The number of aromatic nitrogens is 3.